The number of hydrogen-bond donors (Lipinski definition) is 1. The molecule has 2 amide bonds. The molecule has 0 fully saturated rings. The van der Waals surface area contributed by atoms with E-state index >= 15 is 0 Å². The van der Waals surface area contributed by atoms with Crippen LogP contribution in [-0.4, -0.2) is 76.5 Å². The number of benzene rings is 3. The Hall–Kier alpha value is -4.28. The Morgan fingerprint density at radius 2 is 1.42 bits per heavy atom. The van der Waals surface area contributed by atoms with E-state index in [1.165, 1.54) is 17.0 Å². The van der Waals surface area contributed by atoms with E-state index < -0.39 is 23.3 Å². The molecule has 3 aromatic rings. The number of rotatable bonds is 14. The number of nitrogens with zero attached hydrogens (tertiary/aromatic N) is 3. The largest absolute Gasteiger partial charge is 0.465 e. The number of carboxylic acid groups (broad SMARTS) is 1. The molecule has 0 aromatic heterocycles. The second-order valence-corrected chi connectivity index (χ2v) is 10.7. The van der Waals surface area contributed by atoms with Crippen molar-refractivity contribution in [3.8, 4) is 11.1 Å². The van der Waals surface area contributed by atoms with Gasteiger partial charge in [-0.3, -0.25) is 19.8 Å². The summed E-state index contributed by atoms with van der Waals surface area (Å²) in [5.41, 5.74) is 4.63. The van der Waals surface area contributed by atoms with Crippen molar-refractivity contribution in [2.24, 2.45) is 0 Å². The van der Waals surface area contributed by atoms with Crippen LogP contribution in [-0.2, 0) is 20.7 Å². The van der Waals surface area contributed by atoms with Gasteiger partial charge in [0.2, 0.25) is 5.91 Å². The number of nitro benzene ring substituents is 1. The van der Waals surface area contributed by atoms with Crippen molar-refractivity contribution >= 4 is 17.7 Å². The second-order valence-electron chi connectivity index (χ2n) is 10.7. The maximum Gasteiger partial charge on any atom is 0.408 e. The van der Waals surface area contributed by atoms with Gasteiger partial charge in [-0.2, -0.15) is 0 Å². The van der Waals surface area contributed by atoms with Gasteiger partial charge in [-0.15, -0.1) is 0 Å². The number of carbonyl (C=O) groups is 2. The number of nitro groups is 1. The van der Waals surface area contributed by atoms with Crippen LogP contribution in [0.4, 0.5) is 10.5 Å². The molecule has 0 saturated heterocycles. The van der Waals surface area contributed by atoms with Crippen LogP contribution in [0, 0.1) is 10.1 Å². The first-order valence-electron chi connectivity index (χ1n) is 14.6. The van der Waals surface area contributed by atoms with Crippen LogP contribution in [0.2, 0.25) is 0 Å². The van der Waals surface area contributed by atoms with Crippen LogP contribution in [0.5, 0.6) is 0 Å². The molecule has 0 radical (unpaired) electrons. The molecule has 0 saturated carbocycles. The van der Waals surface area contributed by atoms with Crippen molar-refractivity contribution in [3.05, 3.63) is 99.6 Å². The number of fused-ring (bicyclic) bond motifs is 3. The van der Waals surface area contributed by atoms with E-state index in [-0.39, 0.29) is 43.1 Å². The number of carbonyl (C=O) groups excluding carboxylic acids is 1. The zero-order valence-electron chi connectivity index (χ0n) is 25.0. The van der Waals surface area contributed by atoms with Gasteiger partial charge in [-0.1, -0.05) is 60.7 Å². The van der Waals surface area contributed by atoms with E-state index in [4.69, 9.17) is 9.47 Å². The third-order valence-corrected chi connectivity index (χ3v) is 7.78. The van der Waals surface area contributed by atoms with Crippen molar-refractivity contribution in [1.29, 1.82) is 0 Å². The van der Waals surface area contributed by atoms with Gasteiger partial charge < -0.3 is 19.5 Å². The first kappa shape index (κ1) is 31.7. The Morgan fingerprint density at radius 3 is 1.88 bits per heavy atom. The van der Waals surface area contributed by atoms with Crippen molar-refractivity contribution in [2.75, 3.05) is 26.3 Å². The van der Waals surface area contributed by atoms with E-state index in [1.54, 1.807) is 17.0 Å². The predicted octanol–water partition coefficient (Wildman–Crippen LogP) is 5.93. The Kier molecular flexibility index (Phi) is 10.5. The highest BCUT2D eigenvalue weighted by atomic mass is 16.7. The molecule has 4 rings (SSSR count). The van der Waals surface area contributed by atoms with Gasteiger partial charge in [0.15, 0.2) is 6.29 Å². The highest BCUT2D eigenvalue weighted by molar-refractivity contribution is 5.86. The van der Waals surface area contributed by atoms with Crippen LogP contribution >= 0.6 is 0 Å². The lowest BCUT2D eigenvalue weighted by molar-refractivity contribution is -0.384. The minimum absolute atomic E-state index is 0.0380. The zero-order chi connectivity index (χ0) is 31.1. The molecule has 1 unspecified atom stereocenters. The molecule has 228 valence electrons. The normalized spacial score (nSPS) is 13.1. The lowest BCUT2D eigenvalue weighted by Crippen LogP contribution is -2.56. The molecule has 43 heavy (non-hydrogen) atoms. The lowest BCUT2D eigenvalue weighted by atomic mass is 9.94. The van der Waals surface area contributed by atoms with Crippen molar-refractivity contribution in [1.82, 2.24) is 9.80 Å². The summed E-state index contributed by atoms with van der Waals surface area (Å²) in [6.45, 7) is 8.37. The third kappa shape index (κ3) is 7.21. The molecular weight excluding hydrogens is 550 g/mol. The molecule has 1 atom stereocenters. The summed E-state index contributed by atoms with van der Waals surface area (Å²) in [4.78, 5) is 41.0. The van der Waals surface area contributed by atoms with Gasteiger partial charge in [0, 0.05) is 50.3 Å². The number of ether oxygens (including phenoxy) is 2. The maximum atomic E-state index is 14.4. The molecule has 10 heteroatoms. The fraction of sp³-hybridized carbons (Fsp3) is 0.394. The summed E-state index contributed by atoms with van der Waals surface area (Å²) in [5, 5.41) is 21.9. The smallest absolute Gasteiger partial charge is 0.408 e. The first-order valence-corrected chi connectivity index (χ1v) is 14.6. The fourth-order valence-electron chi connectivity index (χ4n) is 5.73. The highest BCUT2D eigenvalue weighted by Crippen LogP contribution is 2.45. The van der Waals surface area contributed by atoms with Gasteiger partial charge >= 0.3 is 6.09 Å². The van der Waals surface area contributed by atoms with Gasteiger partial charge in [-0.05, 0) is 55.5 Å². The number of non-ortho nitro benzene ring substituents is 1. The molecule has 3 aromatic carbocycles. The summed E-state index contributed by atoms with van der Waals surface area (Å²) in [6, 6.07) is 20.3. The van der Waals surface area contributed by atoms with Gasteiger partial charge in [0.25, 0.3) is 5.69 Å². The van der Waals surface area contributed by atoms with E-state index in [2.05, 4.69) is 0 Å². The van der Waals surface area contributed by atoms with Crippen molar-refractivity contribution in [2.45, 2.75) is 58.4 Å². The molecule has 10 nitrogen and oxygen atoms in total. The standard InChI is InChI=1S/C33H39N3O7/c1-5-42-31(43-6-2)21-34(22(3)4)32(37)30(19-23-15-17-24(18-16-23)36(40)41)35(33(38)39)20-29-27-13-9-7-11-25(27)26-12-8-10-14-28(26)29/h7-18,22,29-31H,5-6,19-21H2,1-4H3,(H,38,39). The summed E-state index contributed by atoms with van der Waals surface area (Å²) in [5.74, 6) is -0.664. The third-order valence-electron chi connectivity index (χ3n) is 7.78. The molecule has 1 aliphatic rings. The molecule has 0 aliphatic heterocycles. The van der Waals surface area contributed by atoms with Crippen LogP contribution in [0.3, 0.4) is 0 Å². The van der Waals surface area contributed by atoms with Crippen LogP contribution in [0.25, 0.3) is 11.1 Å². The summed E-state index contributed by atoms with van der Waals surface area (Å²) < 4.78 is 11.5. The van der Waals surface area contributed by atoms with Gasteiger partial charge in [-0.25, -0.2) is 4.79 Å². The van der Waals surface area contributed by atoms with Gasteiger partial charge in [0.1, 0.15) is 6.04 Å². The quantitative estimate of drug-likeness (QED) is 0.140. The predicted molar refractivity (Wildman–Crippen MR) is 163 cm³/mol. The topological polar surface area (TPSA) is 122 Å². The molecule has 0 heterocycles. The maximum absolute atomic E-state index is 14.4. The SMILES string of the molecule is CCOC(CN(C(=O)C(Cc1ccc([N+](=O)[O-])cc1)N(CC1c2ccccc2-c2ccccc21)C(=O)O)C(C)C)OCC. The minimum atomic E-state index is -1.23. The average molecular weight is 590 g/mol. The van der Waals surface area contributed by atoms with Crippen LogP contribution in [0.15, 0.2) is 72.8 Å². The minimum Gasteiger partial charge on any atom is -0.465 e. The number of amides is 2. The Bertz CT molecular complexity index is 1370. The van der Waals surface area contributed by atoms with E-state index in [0.29, 0.717) is 18.8 Å². The molecule has 0 bridgehead atoms. The van der Waals surface area contributed by atoms with Gasteiger partial charge in [0.05, 0.1) is 11.5 Å². The van der Waals surface area contributed by atoms with E-state index in [1.807, 2.05) is 76.2 Å². The fourth-order valence-corrected chi connectivity index (χ4v) is 5.73. The second kappa shape index (κ2) is 14.3. The monoisotopic (exact) mass is 589 g/mol. The molecular formula is C33H39N3O7. The molecule has 0 spiro atoms. The summed E-state index contributed by atoms with van der Waals surface area (Å²) >= 11 is 0. The van der Waals surface area contributed by atoms with Crippen molar-refractivity contribution < 1.29 is 29.1 Å². The number of hydrogen-bond acceptors (Lipinski definition) is 6. The Balaban J connectivity index is 1.74. The summed E-state index contributed by atoms with van der Waals surface area (Å²) in [6.07, 6.45) is -1.86. The van der Waals surface area contributed by atoms with E-state index in [9.17, 15) is 24.8 Å². The molecule has 1 N–H and O–H groups in total. The highest BCUT2D eigenvalue weighted by Gasteiger charge is 2.39. The van der Waals surface area contributed by atoms with Crippen molar-refractivity contribution in [3.63, 3.8) is 0 Å². The van der Waals surface area contributed by atoms with Crippen LogP contribution in [0.1, 0.15) is 50.3 Å². The Morgan fingerprint density at radius 1 is 0.884 bits per heavy atom. The van der Waals surface area contributed by atoms with Crippen LogP contribution < -0.4 is 0 Å². The first-order chi connectivity index (χ1) is 20.7. The lowest BCUT2D eigenvalue weighted by Gasteiger charge is -2.37. The van der Waals surface area contributed by atoms with E-state index in [0.717, 1.165) is 22.3 Å². The summed E-state index contributed by atoms with van der Waals surface area (Å²) in [7, 11) is 0. The average Bonchev–Trinajstić information content (AvgIpc) is 3.30. The zero-order valence-corrected chi connectivity index (χ0v) is 25.0. The Labute approximate surface area is 252 Å². The molecule has 1 aliphatic carbocycles.